The number of amides is 1. The molecule has 1 aliphatic rings. The van der Waals surface area contributed by atoms with E-state index in [1.807, 2.05) is 31.2 Å². The Balaban J connectivity index is 1.92. The van der Waals surface area contributed by atoms with Crippen molar-refractivity contribution in [1.29, 1.82) is 0 Å². The summed E-state index contributed by atoms with van der Waals surface area (Å²) in [6.45, 7) is 2.46. The van der Waals surface area contributed by atoms with Crippen molar-refractivity contribution in [2.75, 3.05) is 11.4 Å². The van der Waals surface area contributed by atoms with Crippen LogP contribution < -0.4 is 4.90 Å². The van der Waals surface area contributed by atoms with Crippen LogP contribution in [0.5, 0.6) is 11.5 Å². The van der Waals surface area contributed by atoms with E-state index in [4.69, 9.17) is 0 Å². The van der Waals surface area contributed by atoms with Gasteiger partial charge >= 0.3 is 0 Å². The number of para-hydroxylation sites is 1. The molecule has 6 nitrogen and oxygen atoms in total. The van der Waals surface area contributed by atoms with Gasteiger partial charge in [-0.3, -0.25) is 4.79 Å². The average Bonchev–Trinajstić information content (AvgIpc) is 2.82. The zero-order valence-corrected chi connectivity index (χ0v) is 12.5. The van der Waals surface area contributed by atoms with Crippen LogP contribution >= 0.6 is 0 Å². The van der Waals surface area contributed by atoms with Crippen molar-refractivity contribution in [3.05, 3.63) is 53.6 Å². The largest absolute Gasteiger partial charge is 0.504 e. The number of anilines is 1. The number of benzene rings is 2. The first-order chi connectivity index (χ1) is 11.1. The molecule has 0 saturated heterocycles. The summed E-state index contributed by atoms with van der Waals surface area (Å²) in [6, 6.07) is 11.7. The van der Waals surface area contributed by atoms with Gasteiger partial charge in [-0.1, -0.05) is 18.2 Å². The summed E-state index contributed by atoms with van der Waals surface area (Å²) in [5, 5.41) is 26.7. The van der Waals surface area contributed by atoms with Crippen LogP contribution in [0.3, 0.4) is 0 Å². The smallest absolute Gasteiger partial charge is 0.279 e. The van der Waals surface area contributed by atoms with E-state index in [-0.39, 0.29) is 17.4 Å². The Morgan fingerprint density at radius 1 is 1.13 bits per heavy atom. The highest BCUT2D eigenvalue weighted by Gasteiger charge is 2.32. The molecule has 6 heteroatoms. The number of nitrogens with zero attached hydrogens (tertiary/aromatic N) is 3. The minimum absolute atomic E-state index is 0.181. The SMILES string of the molecule is CCN1C(=O)/C(=N\N=C/c2ccc(O)c(O)c2)c2ccccc21. The maximum absolute atomic E-state index is 12.4. The number of fused-ring (bicyclic) bond motifs is 1. The molecule has 0 fully saturated rings. The van der Waals surface area contributed by atoms with Gasteiger partial charge in [0.05, 0.1) is 11.9 Å². The second-order valence-corrected chi connectivity index (χ2v) is 5.01. The summed E-state index contributed by atoms with van der Waals surface area (Å²) < 4.78 is 0. The molecule has 2 aromatic carbocycles. The first kappa shape index (κ1) is 14.8. The first-order valence-electron chi connectivity index (χ1n) is 7.16. The molecule has 0 atom stereocenters. The molecule has 0 aliphatic carbocycles. The third kappa shape index (κ3) is 2.66. The van der Waals surface area contributed by atoms with Crippen molar-refractivity contribution in [1.82, 2.24) is 0 Å². The molecular weight excluding hydrogens is 294 g/mol. The lowest BCUT2D eigenvalue weighted by Crippen LogP contribution is -2.29. The summed E-state index contributed by atoms with van der Waals surface area (Å²) in [6.07, 6.45) is 1.41. The van der Waals surface area contributed by atoms with Crippen LogP contribution in [0.1, 0.15) is 18.1 Å². The molecule has 0 saturated carbocycles. The second kappa shape index (κ2) is 5.92. The van der Waals surface area contributed by atoms with Gasteiger partial charge in [-0.15, -0.1) is 5.10 Å². The second-order valence-electron chi connectivity index (χ2n) is 5.01. The topological polar surface area (TPSA) is 85.5 Å². The predicted octanol–water partition coefficient (Wildman–Crippen LogP) is 2.29. The van der Waals surface area contributed by atoms with Gasteiger partial charge < -0.3 is 15.1 Å². The van der Waals surface area contributed by atoms with Crippen molar-refractivity contribution in [3.63, 3.8) is 0 Å². The van der Waals surface area contributed by atoms with Crippen molar-refractivity contribution >= 4 is 23.5 Å². The number of aromatic hydroxyl groups is 2. The van der Waals surface area contributed by atoms with Crippen LogP contribution in [0.15, 0.2) is 52.7 Å². The average molecular weight is 309 g/mol. The van der Waals surface area contributed by atoms with Gasteiger partial charge in [0.15, 0.2) is 17.2 Å². The Labute approximate surface area is 133 Å². The number of phenols is 2. The van der Waals surface area contributed by atoms with Gasteiger partial charge in [0, 0.05) is 12.1 Å². The van der Waals surface area contributed by atoms with Crippen molar-refractivity contribution < 1.29 is 15.0 Å². The first-order valence-corrected chi connectivity index (χ1v) is 7.16. The van der Waals surface area contributed by atoms with Crippen LogP contribution in [0.2, 0.25) is 0 Å². The summed E-state index contributed by atoms with van der Waals surface area (Å²) in [7, 11) is 0. The number of likely N-dealkylation sites (N-methyl/N-ethyl adjacent to an activating group) is 1. The van der Waals surface area contributed by atoms with Crippen LogP contribution in [0.4, 0.5) is 5.69 Å². The Hall–Kier alpha value is -3.15. The molecule has 1 amide bonds. The minimum atomic E-state index is -0.235. The molecule has 23 heavy (non-hydrogen) atoms. The van der Waals surface area contributed by atoms with Crippen LogP contribution in [0, 0.1) is 0 Å². The lowest BCUT2D eigenvalue weighted by molar-refractivity contribution is -0.112. The quantitative estimate of drug-likeness (QED) is 0.518. The highest BCUT2D eigenvalue weighted by molar-refractivity contribution is 6.54. The zero-order valence-electron chi connectivity index (χ0n) is 12.5. The van der Waals surface area contributed by atoms with Gasteiger partial charge in [0.1, 0.15) is 0 Å². The molecule has 2 N–H and O–H groups in total. The van der Waals surface area contributed by atoms with Crippen LogP contribution in [-0.2, 0) is 4.79 Å². The maximum Gasteiger partial charge on any atom is 0.279 e. The summed E-state index contributed by atoms with van der Waals surface area (Å²) in [4.78, 5) is 14.0. The zero-order chi connectivity index (χ0) is 16.4. The van der Waals surface area contributed by atoms with E-state index in [1.165, 1.54) is 18.3 Å². The Morgan fingerprint density at radius 2 is 1.91 bits per heavy atom. The fraction of sp³-hybridized carbons (Fsp3) is 0.118. The third-order valence-corrected chi connectivity index (χ3v) is 3.58. The van der Waals surface area contributed by atoms with Gasteiger partial charge in [-0.2, -0.15) is 5.10 Å². The summed E-state index contributed by atoms with van der Waals surface area (Å²) >= 11 is 0. The Kier molecular flexibility index (Phi) is 3.80. The Bertz CT molecular complexity index is 828. The van der Waals surface area contributed by atoms with Crippen LogP contribution in [0.25, 0.3) is 0 Å². The molecule has 1 heterocycles. The minimum Gasteiger partial charge on any atom is -0.504 e. The molecule has 0 spiro atoms. The van der Waals surface area contributed by atoms with E-state index in [2.05, 4.69) is 10.2 Å². The highest BCUT2D eigenvalue weighted by Crippen LogP contribution is 2.29. The molecule has 0 bridgehead atoms. The molecule has 0 unspecified atom stereocenters. The van der Waals surface area contributed by atoms with Gasteiger partial charge in [-0.05, 0) is 36.8 Å². The monoisotopic (exact) mass is 309 g/mol. The van der Waals surface area contributed by atoms with E-state index >= 15 is 0 Å². The number of hydrogen-bond acceptors (Lipinski definition) is 5. The summed E-state index contributed by atoms with van der Waals surface area (Å²) in [5.41, 5.74) is 2.44. The molecule has 0 radical (unpaired) electrons. The number of rotatable bonds is 3. The number of carbonyl (C=O) groups is 1. The van der Waals surface area contributed by atoms with E-state index < -0.39 is 0 Å². The highest BCUT2D eigenvalue weighted by atomic mass is 16.3. The third-order valence-electron chi connectivity index (χ3n) is 3.58. The van der Waals surface area contributed by atoms with Gasteiger partial charge in [-0.25, -0.2) is 0 Å². The molecule has 2 aromatic rings. The van der Waals surface area contributed by atoms with Crippen LogP contribution in [-0.4, -0.2) is 34.6 Å². The number of carbonyl (C=O) groups excluding carboxylic acids is 1. The molecule has 1 aliphatic heterocycles. The molecule has 116 valence electrons. The van der Waals surface area contributed by atoms with E-state index in [9.17, 15) is 15.0 Å². The van der Waals surface area contributed by atoms with Gasteiger partial charge in [0.25, 0.3) is 5.91 Å². The standard InChI is InChI=1S/C17H15N3O3/c1-2-20-13-6-4-3-5-12(13)16(17(20)23)19-18-10-11-7-8-14(21)15(22)9-11/h3-10,21-22H,2H2,1H3/b18-10-,19-16-. The van der Waals surface area contributed by atoms with E-state index in [1.54, 1.807) is 11.0 Å². The molecule has 3 rings (SSSR count). The van der Waals surface area contributed by atoms with E-state index in [0.29, 0.717) is 17.8 Å². The predicted molar refractivity (Wildman–Crippen MR) is 88.4 cm³/mol. The number of phenolic OH excluding ortho intramolecular Hbond substituents is 2. The lowest BCUT2D eigenvalue weighted by atomic mass is 10.1. The van der Waals surface area contributed by atoms with Crippen molar-refractivity contribution in [2.45, 2.75) is 6.92 Å². The van der Waals surface area contributed by atoms with Crippen molar-refractivity contribution in [2.24, 2.45) is 10.2 Å². The fourth-order valence-electron chi connectivity index (χ4n) is 2.45. The lowest BCUT2D eigenvalue weighted by Gasteiger charge is -2.12. The molecular formula is C17H15N3O3. The fourth-order valence-corrected chi connectivity index (χ4v) is 2.45. The van der Waals surface area contributed by atoms with E-state index in [0.717, 1.165) is 11.3 Å². The summed E-state index contributed by atoms with van der Waals surface area (Å²) in [5.74, 6) is -0.618. The van der Waals surface area contributed by atoms with Gasteiger partial charge in [0.2, 0.25) is 0 Å². The normalized spacial score (nSPS) is 15.6. The number of hydrogen-bond donors (Lipinski definition) is 2. The maximum atomic E-state index is 12.4. The van der Waals surface area contributed by atoms with Crippen molar-refractivity contribution in [3.8, 4) is 11.5 Å². The Morgan fingerprint density at radius 3 is 2.65 bits per heavy atom. The molecule has 0 aromatic heterocycles.